The largest absolute Gasteiger partial charge is 0.348 e. The van der Waals surface area contributed by atoms with E-state index in [1.165, 1.54) is 5.56 Å². The van der Waals surface area contributed by atoms with Gasteiger partial charge in [0.2, 0.25) is 11.8 Å². The van der Waals surface area contributed by atoms with Crippen LogP contribution in [0.1, 0.15) is 38.2 Å². The van der Waals surface area contributed by atoms with E-state index in [4.69, 9.17) is 4.74 Å². The molecule has 1 saturated carbocycles. The molecule has 4 rings (SSSR count). The van der Waals surface area contributed by atoms with Gasteiger partial charge in [0.15, 0.2) is 0 Å². The van der Waals surface area contributed by atoms with Gasteiger partial charge in [0.25, 0.3) is 0 Å². The van der Waals surface area contributed by atoms with Gasteiger partial charge in [-0.3, -0.25) is 14.6 Å². The first kappa shape index (κ1) is 18.2. The number of carbonyl (C=O) groups excluding carboxylic acids is 2. The van der Waals surface area contributed by atoms with Gasteiger partial charge in [-0.05, 0) is 30.2 Å². The number of amides is 2. The van der Waals surface area contributed by atoms with E-state index in [1.807, 2.05) is 23.1 Å². The molecular formula is C21H27N3O3. The molecule has 1 saturated heterocycles. The molecule has 2 aliphatic heterocycles. The van der Waals surface area contributed by atoms with Gasteiger partial charge >= 0.3 is 0 Å². The maximum atomic E-state index is 13.3. The zero-order valence-corrected chi connectivity index (χ0v) is 15.9. The Hall–Kier alpha value is -2.21. The average Bonchev–Trinajstić information content (AvgIpc) is 3.27. The van der Waals surface area contributed by atoms with E-state index in [9.17, 15) is 9.59 Å². The van der Waals surface area contributed by atoms with Crippen molar-refractivity contribution >= 4 is 18.0 Å². The minimum Gasteiger partial charge on any atom is -0.348 e. The van der Waals surface area contributed by atoms with E-state index in [2.05, 4.69) is 36.3 Å². The topological polar surface area (TPSA) is 71.0 Å². The third-order valence-corrected chi connectivity index (χ3v) is 5.70. The molecule has 6 nitrogen and oxygen atoms in total. The number of rotatable bonds is 5. The molecule has 0 aromatic heterocycles. The predicted octanol–water partition coefficient (Wildman–Crippen LogP) is 1.96. The lowest BCUT2D eigenvalue weighted by atomic mass is 9.96. The quantitative estimate of drug-likeness (QED) is 0.862. The number of nitrogens with one attached hydrogen (secondary N) is 1. The number of aliphatic imine (C=N–C) groups is 1. The number of hydrogen-bond donors (Lipinski definition) is 1. The third kappa shape index (κ3) is 3.76. The van der Waals surface area contributed by atoms with E-state index in [-0.39, 0.29) is 35.8 Å². The van der Waals surface area contributed by atoms with Crippen LogP contribution in [0.25, 0.3) is 0 Å². The molecule has 0 spiro atoms. The molecule has 5 unspecified atom stereocenters. The summed E-state index contributed by atoms with van der Waals surface area (Å²) in [6.45, 7) is 4.97. The lowest BCUT2D eigenvalue weighted by molar-refractivity contribution is -0.147. The first-order chi connectivity index (χ1) is 13.0. The van der Waals surface area contributed by atoms with Gasteiger partial charge in [0, 0.05) is 18.7 Å². The van der Waals surface area contributed by atoms with E-state index < -0.39 is 6.04 Å². The Morgan fingerprint density at radius 2 is 2.11 bits per heavy atom. The monoisotopic (exact) mass is 369 g/mol. The molecule has 5 atom stereocenters. The lowest BCUT2D eigenvalue weighted by Gasteiger charge is -2.41. The van der Waals surface area contributed by atoms with Crippen LogP contribution in [-0.4, -0.2) is 54.4 Å². The minimum atomic E-state index is -0.399. The number of nitrogens with zero attached hydrogens (tertiary/aromatic N) is 2. The van der Waals surface area contributed by atoms with E-state index in [0.717, 1.165) is 6.42 Å². The SMILES string of the molecule is CC(C)CC1C(=O)NC(C2C=NCO2)CN1C(=O)C1CC1c1ccccc1. The lowest BCUT2D eigenvalue weighted by Crippen LogP contribution is -2.65. The summed E-state index contributed by atoms with van der Waals surface area (Å²) < 4.78 is 5.58. The third-order valence-electron chi connectivity index (χ3n) is 5.70. The van der Waals surface area contributed by atoms with Crippen LogP contribution >= 0.6 is 0 Å². The van der Waals surface area contributed by atoms with Crippen molar-refractivity contribution < 1.29 is 14.3 Å². The maximum absolute atomic E-state index is 13.3. The molecule has 1 N–H and O–H groups in total. The number of benzene rings is 1. The van der Waals surface area contributed by atoms with Gasteiger partial charge in [-0.15, -0.1) is 0 Å². The van der Waals surface area contributed by atoms with Crippen LogP contribution in [-0.2, 0) is 14.3 Å². The molecule has 2 fully saturated rings. The summed E-state index contributed by atoms with van der Waals surface area (Å²) in [5.74, 6) is 0.609. The summed E-state index contributed by atoms with van der Waals surface area (Å²) in [7, 11) is 0. The van der Waals surface area contributed by atoms with Crippen LogP contribution in [0.4, 0.5) is 0 Å². The highest BCUT2D eigenvalue weighted by Gasteiger charge is 2.50. The van der Waals surface area contributed by atoms with Gasteiger partial charge < -0.3 is 15.0 Å². The smallest absolute Gasteiger partial charge is 0.243 e. The van der Waals surface area contributed by atoms with Gasteiger partial charge in [-0.1, -0.05) is 44.2 Å². The molecule has 1 aromatic carbocycles. The number of ether oxygens (including phenoxy) is 1. The molecule has 144 valence electrons. The Labute approximate surface area is 160 Å². The van der Waals surface area contributed by atoms with Crippen molar-refractivity contribution in [1.29, 1.82) is 0 Å². The number of carbonyl (C=O) groups is 2. The summed E-state index contributed by atoms with van der Waals surface area (Å²) in [6, 6.07) is 9.55. The van der Waals surface area contributed by atoms with Crippen LogP contribution in [0.2, 0.25) is 0 Å². The molecule has 2 heterocycles. The van der Waals surface area contributed by atoms with Crippen molar-refractivity contribution in [1.82, 2.24) is 10.2 Å². The Balaban J connectivity index is 1.51. The highest BCUT2D eigenvalue weighted by atomic mass is 16.5. The van der Waals surface area contributed by atoms with Crippen molar-refractivity contribution in [2.45, 2.75) is 50.8 Å². The average molecular weight is 369 g/mol. The molecule has 2 amide bonds. The first-order valence-electron chi connectivity index (χ1n) is 9.82. The molecule has 6 heteroatoms. The van der Waals surface area contributed by atoms with Crippen LogP contribution in [0.5, 0.6) is 0 Å². The van der Waals surface area contributed by atoms with Gasteiger partial charge in [-0.25, -0.2) is 0 Å². The molecule has 0 bridgehead atoms. The molecule has 1 aromatic rings. The Kier molecular flexibility index (Phi) is 5.00. The minimum absolute atomic E-state index is 0.0215. The Bertz CT molecular complexity index is 733. The van der Waals surface area contributed by atoms with Crippen LogP contribution in [0.15, 0.2) is 35.3 Å². The van der Waals surface area contributed by atoms with E-state index in [1.54, 1.807) is 6.21 Å². The second-order valence-corrected chi connectivity index (χ2v) is 8.20. The zero-order valence-electron chi connectivity index (χ0n) is 15.9. The van der Waals surface area contributed by atoms with Crippen molar-refractivity contribution in [2.75, 3.05) is 13.3 Å². The molecular weight excluding hydrogens is 342 g/mol. The van der Waals surface area contributed by atoms with Gasteiger partial charge in [0.05, 0.1) is 6.04 Å². The van der Waals surface area contributed by atoms with Crippen LogP contribution < -0.4 is 5.32 Å². The Morgan fingerprint density at radius 3 is 2.78 bits per heavy atom. The van der Waals surface area contributed by atoms with E-state index >= 15 is 0 Å². The fraction of sp³-hybridized carbons (Fsp3) is 0.571. The summed E-state index contributed by atoms with van der Waals surface area (Å²) in [6.07, 6.45) is 3.02. The normalized spacial score (nSPS) is 32.6. The standard InChI is InChI=1S/C21H27N3O3/c1-13(2)8-18-20(25)23-17(19-10-22-12-27-19)11-24(18)21(26)16-9-15(16)14-6-4-3-5-7-14/h3-7,10,13,15-19H,8-9,11-12H2,1-2H3,(H,23,25). The predicted molar refractivity (Wildman–Crippen MR) is 102 cm³/mol. The molecule has 27 heavy (non-hydrogen) atoms. The second kappa shape index (κ2) is 7.43. The fourth-order valence-corrected chi connectivity index (χ4v) is 4.20. The highest BCUT2D eigenvalue weighted by Crippen LogP contribution is 2.48. The zero-order chi connectivity index (χ0) is 19.0. The first-order valence-corrected chi connectivity index (χ1v) is 9.82. The molecule has 1 aliphatic carbocycles. The summed E-state index contributed by atoms with van der Waals surface area (Å²) >= 11 is 0. The Morgan fingerprint density at radius 1 is 1.33 bits per heavy atom. The number of piperazine rings is 1. The van der Waals surface area contributed by atoms with Gasteiger partial charge in [-0.2, -0.15) is 0 Å². The highest BCUT2D eigenvalue weighted by molar-refractivity contribution is 5.92. The van der Waals surface area contributed by atoms with Crippen molar-refractivity contribution in [3.63, 3.8) is 0 Å². The van der Waals surface area contributed by atoms with Crippen LogP contribution in [0.3, 0.4) is 0 Å². The van der Waals surface area contributed by atoms with Crippen molar-refractivity contribution in [2.24, 2.45) is 16.8 Å². The molecule has 3 aliphatic rings. The van der Waals surface area contributed by atoms with Gasteiger partial charge in [0.1, 0.15) is 18.9 Å². The van der Waals surface area contributed by atoms with E-state index in [0.29, 0.717) is 25.6 Å². The van der Waals surface area contributed by atoms with Crippen LogP contribution in [0, 0.1) is 11.8 Å². The summed E-state index contributed by atoms with van der Waals surface area (Å²) in [4.78, 5) is 32.0. The van der Waals surface area contributed by atoms with Crippen molar-refractivity contribution in [3.05, 3.63) is 35.9 Å². The fourth-order valence-electron chi connectivity index (χ4n) is 4.20. The maximum Gasteiger partial charge on any atom is 0.243 e. The summed E-state index contributed by atoms with van der Waals surface area (Å²) in [5, 5.41) is 3.05. The summed E-state index contributed by atoms with van der Waals surface area (Å²) in [5.41, 5.74) is 1.21. The number of hydrogen-bond acceptors (Lipinski definition) is 4. The molecule has 0 radical (unpaired) electrons. The van der Waals surface area contributed by atoms with Crippen molar-refractivity contribution in [3.8, 4) is 0 Å². The second-order valence-electron chi connectivity index (χ2n) is 8.20.